The molecule has 0 saturated heterocycles. The van der Waals surface area contributed by atoms with Crippen LogP contribution in [0.5, 0.6) is 0 Å². The molecule has 0 aliphatic heterocycles. The summed E-state index contributed by atoms with van der Waals surface area (Å²) in [6, 6.07) is 17.8. The van der Waals surface area contributed by atoms with Gasteiger partial charge < -0.3 is 10.2 Å². The van der Waals surface area contributed by atoms with Crippen molar-refractivity contribution in [2.24, 2.45) is 0 Å². The highest BCUT2D eigenvalue weighted by Crippen LogP contribution is 2.22. The standard InChI is InChI=1S/C16H18O2/c17-11-15-9-5-4-8-14(15)10-16(12-18)13-6-2-1-3-7-13/h1-9,16-18H,10-12H2. The number of aliphatic hydroxyl groups excluding tert-OH is 2. The molecule has 0 aliphatic rings. The Morgan fingerprint density at radius 2 is 1.39 bits per heavy atom. The zero-order valence-electron chi connectivity index (χ0n) is 10.3. The average Bonchev–Trinajstić information content (AvgIpc) is 2.46. The van der Waals surface area contributed by atoms with Gasteiger partial charge in [-0.05, 0) is 23.1 Å². The van der Waals surface area contributed by atoms with Gasteiger partial charge in [-0.2, -0.15) is 0 Å². The highest BCUT2D eigenvalue weighted by molar-refractivity contribution is 5.30. The predicted molar refractivity (Wildman–Crippen MR) is 72.3 cm³/mol. The molecule has 2 rings (SSSR count). The van der Waals surface area contributed by atoms with E-state index in [1.54, 1.807) is 0 Å². The van der Waals surface area contributed by atoms with Gasteiger partial charge in [-0.15, -0.1) is 0 Å². The molecule has 0 saturated carbocycles. The molecule has 0 spiro atoms. The normalized spacial score (nSPS) is 12.3. The first-order valence-corrected chi connectivity index (χ1v) is 6.18. The minimum Gasteiger partial charge on any atom is -0.396 e. The Morgan fingerprint density at radius 1 is 0.778 bits per heavy atom. The molecule has 1 atom stereocenters. The van der Waals surface area contributed by atoms with Gasteiger partial charge in [0, 0.05) is 5.92 Å². The molecule has 2 nitrogen and oxygen atoms in total. The second kappa shape index (κ2) is 6.34. The molecule has 0 aliphatic carbocycles. The molecular formula is C16H18O2. The van der Waals surface area contributed by atoms with E-state index in [4.69, 9.17) is 0 Å². The molecule has 0 amide bonds. The molecule has 94 valence electrons. The second-order valence-electron chi connectivity index (χ2n) is 4.42. The lowest BCUT2D eigenvalue weighted by atomic mass is 9.91. The van der Waals surface area contributed by atoms with Crippen molar-refractivity contribution < 1.29 is 10.2 Å². The first-order valence-electron chi connectivity index (χ1n) is 6.18. The minimum atomic E-state index is 0.0448. The fourth-order valence-corrected chi connectivity index (χ4v) is 2.19. The molecule has 0 fully saturated rings. The van der Waals surface area contributed by atoms with Crippen molar-refractivity contribution in [3.8, 4) is 0 Å². The van der Waals surface area contributed by atoms with E-state index in [1.807, 2.05) is 54.6 Å². The number of hydrogen-bond donors (Lipinski definition) is 2. The largest absolute Gasteiger partial charge is 0.396 e. The number of aliphatic hydroxyl groups is 2. The number of benzene rings is 2. The van der Waals surface area contributed by atoms with Crippen LogP contribution in [-0.2, 0) is 13.0 Å². The van der Waals surface area contributed by atoms with Crippen LogP contribution in [0.1, 0.15) is 22.6 Å². The highest BCUT2D eigenvalue weighted by atomic mass is 16.3. The van der Waals surface area contributed by atoms with Crippen molar-refractivity contribution in [1.29, 1.82) is 0 Å². The first kappa shape index (κ1) is 12.8. The summed E-state index contributed by atoms with van der Waals surface area (Å²) in [7, 11) is 0. The van der Waals surface area contributed by atoms with Gasteiger partial charge in [0.15, 0.2) is 0 Å². The van der Waals surface area contributed by atoms with E-state index in [1.165, 1.54) is 0 Å². The van der Waals surface area contributed by atoms with E-state index in [0.717, 1.165) is 23.1 Å². The lowest BCUT2D eigenvalue weighted by Crippen LogP contribution is -2.09. The maximum Gasteiger partial charge on any atom is 0.0684 e. The Bertz CT molecular complexity index is 479. The molecule has 0 heterocycles. The zero-order chi connectivity index (χ0) is 12.8. The number of rotatable bonds is 5. The fourth-order valence-electron chi connectivity index (χ4n) is 2.19. The van der Waals surface area contributed by atoms with Crippen molar-refractivity contribution in [2.45, 2.75) is 18.9 Å². The molecular weight excluding hydrogens is 224 g/mol. The first-order chi connectivity index (χ1) is 8.85. The average molecular weight is 242 g/mol. The van der Waals surface area contributed by atoms with Crippen LogP contribution in [0.4, 0.5) is 0 Å². The predicted octanol–water partition coefficient (Wildman–Crippen LogP) is 2.50. The SMILES string of the molecule is OCc1ccccc1CC(CO)c1ccccc1. The summed E-state index contributed by atoms with van der Waals surface area (Å²) < 4.78 is 0. The van der Waals surface area contributed by atoms with Crippen LogP contribution in [0.2, 0.25) is 0 Å². The van der Waals surface area contributed by atoms with Gasteiger partial charge in [0.25, 0.3) is 0 Å². The van der Waals surface area contributed by atoms with Crippen LogP contribution >= 0.6 is 0 Å². The van der Waals surface area contributed by atoms with Gasteiger partial charge in [0.1, 0.15) is 0 Å². The number of hydrogen-bond acceptors (Lipinski definition) is 2. The van der Waals surface area contributed by atoms with Crippen LogP contribution in [0.15, 0.2) is 54.6 Å². The monoisotopic (exact) mass is 242 g/mol. The van der Waals surface area contributed by atoms with Crippen molar-refractivity contribution in [2.75, 3.05) is 6.61 Å². The lowest BCUT2D eigenvalue weighted by molar-refractivity contribution is 0.261. The molecule has 0 aromatic heterocycles. The summed E-state index contributed by atoms with van der Waals surface area (Å²) in [4.78, 5) is 0. The van der Waals surface area contributed by atoms with Crippen molar-refractivity contribution in [3.05, 3.63) is 71.3 Å². The van der Waals surface area contributed by atoms with Crippen LogP contribution in [0.3, 0.4) is 0 Å². The van der Waals surface area contributed by atoms with Crippen LogP contribution in [0, 0.1) is 0 Å². The third-order valence-corrected chi connectivity index (χ3v) is 3.25. The summed E-state index contributed by atoms with van der Waals surface area (Å²) >= 11 is 0. The third kappa shape index (κ3) is 2.97. The van der Waals surface area contributed by atoms with Gasteiger partial charge in [0.2, 0.25) is 0 Å². The zero-order valence-corrected chi connectivity index (χ0v) is 10.3. The maximum absolute atomic E-state index is 9.54. The Morgan fingerprint density at radius 3 is 2.00 bits per heavy atom. The highest BCUT2D eigenvalue weighted by Gasteiger charge is 2.12. The van der Waals surface area contributed by atoms with Gasteiger partial charge in [0.05, 0.1) is 13.2 Å². The Labute approximate surface area is 108 Å². The van der Waals surface area contributed by atoms with E-state index in [0.29, 0.717) is 0 Å². The van der Waals surface area contributed by atoms with Crippen molar-refractivity contribution in [1.82, 2.24) is 0 Å². The summed E-state index contributed by atoms with van der Waals surface area (Å²) in [6.07, 6.45) is 0.747. The van der Waals surface area contributed by atoms with E-state index < -0.39 is 0 Å². The Balaban J connectivity index is 2.21. The van der Waals surface area contributed by atoms with Gasteiger partial charge in [-0.25, -0.2) is 0 Å². The minimum absolute atomic E-state index is 0.0448. The molecule has 1 unspecified atom stereocenters. The molecule has 2 aromatic rings. The van der Waals surface area contributed by atoms with Gasteiger partial charge in [-0.1, -0.05) is 54.6 Å². The Kier molecular flexibility index (Phi) is 4.51. The fraction of sp³-hybridized carbons (Fsp3) is 0.250. The molecule has 2 N–H and O–H groups in total. The molecule has 2 heteroatoms. The lowest BCUT2D eigenvalue weighted by Gasteiger charge is -2.16. The van der Waals surface area contributed by atoms with Gasteiger partial charge in [-0.3, -0.25) is 0 Å². The smallest absolute Gasteiger partial charge is 0.0684 e. The topological polar surface area (TPSA) is 40.5 Å². The Hall–Kier alpha value is -1.64. The van der Waals surface area contributed by atoms with E-state index in [2.05, 4.69) is 0 Å². The summed E-state index contributed by atoms with van der Waals surface area (Å²) in [5.41, 5.74) is 3.17. The van der Waals surface area contributed by atoms with Crippen LogP contribution in [-0.4, -0.2) is 16.8 Å². The molecule has 2 aromatic carbocycles. The molecule has 0 radical (unpaired) electrons. The van der Waals surface area contributed by atoms with E-state index in [9.17, 15) is 10.2 Å². The second-order valence-corrected chi connectivity index (χ2v) is 4.42. The molecule has 0 bridgehead atoms. The van der Waals surface area contributed by atoms with Crippen molar-refractivity contribution in [3.63, 3.8) is 0 Å². The van der Waals surface area contributed by atoms with Crippen LogP contribution in [0.25, 0.3) is 0 Å². The third-order valence-electron chi connectivity index (χ3n) is 3.25. The molecule has 18 heavy (non-hydrogen) atoms. The van der Waals surface area contributed by atoms with Gasteiger partial charge >= 0.3 is 0 Å². The quantitative estimate of drug-likeness (QED) is 0.845. The maximum atomic E-state index is 9.54. The van der Waals surface area contributed by atoms with E-state index in [-0.39, 0.29) is 19.1 Å². The van der Waals surface area contributed by atoms with Crippen molar-refractivity contribution >= 4 is 0 Å². The summed E-state index contributed by atoms with van der Waals surface area (Å²) in [5.74, 6) is 0.0823. The van der Waals surface area contributed by atoms with Crippen LogP contribution < -0.4 is 0 Å². The summed E-state index contributed by atoms with van der Waals surface area (Å²) in [6.45, 7) is 0.160. The van der Waals surface area contributed by atoms with E-state index >= 15 is 0 Å². The summed E-state index contributed by atoms with van der Waals surface area (Å²) in [5, 5.41) is 18.9.